The Morgan fingerprint density at radius 3 is 1.63 bits per heavy atom. The number of aromatic carboxylic acids is 1. The molecule has 5 rings (SSSR count). The van der Waals surface area contributed by atoms with Gasteiger partial charge in [-0.2, -0.15) is 13.1 Å². The van der Waals surface area contributed by atoms with Crippen molar-refractivity contribution in [2.75, 3.05) is 12.1 Å². The zero-order valence-corrected chi connectivity index (χ0v) is 33.9. The fourth-order valence-electron chi connectivity index (χ4n) is 5.80. The number of carboxylic acids is 2. The van der Waals surface area contributed by atoms with Crippen molar-refractivity contribution in [2.45, 2.75) is 103 Å². The van der Waals surface area contributed by atoms with Gasteiger partial charge in [0.2, 0.25) is 5.69 Å². The number of rotatable bonds is 11. The van der Waals surface area contributed by atoms with E-state index in [0.717, 1.165) is 88.2 Å². The van der Waals surface area contributed by atoms with Gasteiger partial charge in [-0.1, -0.05) is 115 Å². The maximum absolute atomic E-state index is 12.1. The van der Waals surface area contributed by atoms with Crippen molar-refractivity contribution in [3.8, 4) is 11.6 Å². The van der Waals surface area contributed by atoms with Gasteiger partial charge in [-0.05, 0) is 50.7 Å². The zero-order valence-electron chi connectivity index (χ0n) is 29.3. The molecule has 304 valence electrons. The predicted octanol–water partition coefficient (Wildman–Crippen LogP) is 8.80. The van der Waals surface area contributed by atoms with Gasteiger partial charge in [0.15, 0.2) is 12.8 Å². The molecule has 54 heavy (non-hydrogen) atoms. The molecule has 21 heteroatoms. The number of alkyl halides is 2. The van der Waals surface area contributed by atoms with Gasteiger partial charge in [0.25, 0.3) is 5.88 Å². The normalized spacial score (nSPS) is 16.5. The topological polar surface area (TPSA) is 211 Å². The number of halogens is 5. The van der Waals surface area contributed by atoms with Gasteiger partial charge in [0, 0.05) is 16.7 Å². The molecular weight excluding hydrogens is 840 g/mol. The number of aliphatic carboxylic acids is 1. The second-order valence-electron chi connectivity index (χ2n) is 12.4. The lowest BCUT2D eigenvalue weighted by atomic mass is 9.89. The van der Waals surface area contributed by atoms with Crippen LogP contribution in [0.5, 0.6) is 11.6 Å². The highest BCUT2D eigenvalue weighted by molar-refractivity contribution is 8.10. The number of carbonyl (C=O) groups is 4. The van der Waals surface area contributed by atoms with Gasteiger partial charge >= 0.3 is 33.2 Å². The summed E-state index contributed by atoms with van der Waals surface area (Å²) in [4.78, 5) is 45.2. The average molecular weight is 884 g/mol. The molecule has 2 N–H and O–H groups in total. The van der Waals surface area contributed by atoms with Crippen molar-refractivity contribution < 1.29 is 56.2 Å². The smallest absolute Gasteiger partial charge is 0.360 e. The molecule has 1 aromatic carbocycles. The molecule has 0 amide bonds. The van der Waals surface area contributed by atoms with Crippen molar-refractivity contribution in [3.63, 3.8) is 0 Å². The second-order valence-corrected chi connectivity index (χ2v) is 15.8. The van der Waals surface area contributed by atoms with Crippen LogP contribution in [0.15, 0.2) is 18.2 Å². The second kappa shape index (κ2) is 25.5. The van der Waals surface area contributed by atoms with Crippen molar-refractivity contribution in [1.29, 1.82) is 0 Å². The summed E-state index contributed by atoms with van der Waals surface area (Å²) in [5.41, 5.74) is -0.336. The van der Waals surface area contributed by atoms with Crippen molar-refractivity contribution in [1.82, 2.24) is 15.0 Å². The van der Waals surface area contributed by atoms with Crippen LogP contribution in [-0.2, 0) is 44.1 Å². The molecule has 15 nitrogen and oxygen atoms in total. The van der Waals surface area contributed by atoms with Crippen LogP contribution >= 0.6 is 57.1 Å². The maximum atomic E-state index is 12.1. The fourth-order valence-corrected chi connectivity index (χ4v) is 6.93. The van der Waals surface area contributed by atoms with E-state index in [9.17, 15) is 32.7 Å². The minimum absolute atomic E-state index is 0.00463. The van der Waals surface area contributed by atoms with E-state index in [-0.39, 0.29) is 64.8 Å². The highest BCUT2D eigenvalue weighted by atomic mass is 35.7. The van der Waals surface area contributed by atoms with Crippen molar-refractivity contribution in [3.05, 3.63) is 33.9 Å². The Labute approximate surface area is 338 Å². The number of nitrogens with zero attached hydrogens (tertiary/aromatic N) is 3. The Kier molecular flexibility index (Phi) is 22.5. The lowest BCUT2D eigenvalue weighted by molar-refractivity contribution is -0.154. The zero-order chi connectivity index (χ0) is 40.1. The van der Waals surface area contributed by atoms with Crippen molar-refractivity contribution in [2.24, 2.45) is 17.8 Å². The molecule has 3 aliphatic rings. The fraction of sp³-hybridized carbons (Fsp3) is 0.636. The van der Waals surface area contributed by atoms with Crippen LogP contribution in [0, 0.1) is 17.8 Å². The summed E-state index contributed by atoms with van der Waals surface area (Å²) in [5.74, 6) is -2.43. The molecule has 0 radical (unpaired) electrons. The summed E-state index contributed by atoms with van der Waals surface area (Å²) < 4.78 is 39.5. The van der Waals surface area contributed by atoms with E-state index < -0.39 is 27.3 Å². The van der Waals surface area contributed by atoms with Crippen LogP contribution in [0.4, 0.5) is 0 Å². The SMILES string of the molecule is O=C(O)C1CCCCC1.O=C(O)c1c(Oc2ccc(Cl)c(Cl)c2)nnn1COC(=O)C1CCCCC1.O=C(OCCl)C1CCCCC1.O=S(=O)(Cl)OCCl. The largest absolute Gasteiger partial charge is 0.481 e. The summed E-state index contributed by atoms with van der Waals surface area (Å²) in [5, 5.41) is 26.0. The number of benzene rings is 1. The summed E-state index contributed by atoms with van der Waals surface area (Å²) in [7, 11) is 0.665. The molecule has 0 atom stereocenters. The Morgan fingerprint density at radius 1 is 0.741 bits per heavy atom. The molecule has 0 unspecified atom stereocenters. The first-order valence-electron chi connectivity index (χ1n) is 17.2. The van der Waals surface area contributed by atoms with Crippen LogP contribution < -0.4 is 4.74 Å². The highest BCUT2D eigenvalue weighted by Gasteiger charge is 2.26. The van der Waals surface area contributed by atoms with Gasteiger partial charge in [0.05, 0.1) is 27.8 Å². The van der Waals surface area contributed by atoms with E-state index in [1.165, 1.54) is 31.0 Å². The maximum Gasteiger partial charge on any atom is 0.360 e. The van der Waals surface area contributed by atoms with Gasteiger partial charge in [-0.15, -0.1) is 0 Å². The Morgan fingerprint density at radius 2 is 1.24 bits per heavy atom. The number of aromatic nitrogens is 3. The number of carbonyl (C=O) groups excluding carboxylic acids is 2. The number of carboxylic acid groups (broad SMARTS) is 2. The third-order valence-electron chi connectivity index (χ3n) is 8.56. The third kappa shape index (κ3) is 18.4. The number of hydrogen-bond acceptors (Lipinski definition) is 12. The number of esters is 2. The Hall–Kier alpha value is -2.60. The van der Waals surface area contributed by atoms with Crippen LogP contribution in [0.3, 0.4) is 0 Å². The molecule has 3 fully saturated rings. The van der Waals surface area contributed by atoms with Crippen LogP contribution in [0.1, 0.15) is 107 Å². The molecule has 0 bridgehead atoms. The molecule has 3 saturated carbocycles. The number of hydrogen-bond donors (Lipinski definition) is 2. The first-order chi connectivity index (χ1) is 25.7. The Bertz CT molecular complexity index is 1600. The summed E-state index contributed by atoms with van der Waals surface area (Å²) in [6.45, 7) is -0.352. The molecular formula is C33H44Cl5N3O12S. The van der Waals surface area contributed by atoms with Gasteiger partial charge in [0.1, 0.15) is 11.8 Å². The summed E-state index contributed by atoms with van der Waals surface area (Å²) in [6.07, 6.45) is 15.4. The Balaban J connectivity index is 0.000000304. The molecule has 1 aromatic heterocycles. The quantitative estimate of drug-likeness (QED) is 0.123. The summed E-state index contributed by atoms with van der Waals surface area (Å²) >= 11 is 21.8. The first kappa shape index (κ1) is 47.6. The van der Waals surface area contributed by atoms with Crippen molar-refractivity contribution >= 4 is 90.3 Å². The highest BCUT2D eigenvalue weighted by Crippen LogP contribution is 2.31. The van der Waals surface area contributed by atoms with Gasteiger partial charge < -0.3 is 24.4 Å². The van der Waals surface area contributed by atoms with Gasteiger partial charge in [-0.3, -0.25) is 14.4 Å². The lowest BCUT2D eigenvalue weighted by Crippen LogP contribution is -2.23. The molecule has 0 saturated heterocycles. The molecule has 1 heterocycles. The standard InChI is InChI=1S/C17H17Cl2N3O5.C8H13ClO2.C7H12O2.CH2Cl2O3S/c18-12-7-6-11(8-13(12)19)27-15-14(16(23)24)22(21-20-15)9-26-17(25)10-4-2-1-3-5-10;9-6-11-8(10)7-4-2-1-3-5-7;8-7(9)6-4-2-1-3-5-6;2-1-6-7(3,4)5/h6-8,10H,1-5,9H2,(H,23,24);7H,1-6H2;6H,1-5H2,(H,8,9);1H2. The first-order valence-corrected chi connectivity index (χ1v) is 21.3. The van der Waals surface area contributed by atoms with E-state index in [0.29, 0.717) is 5.02 Å². The van der Waals surface area contributed by atoms with E-state index in [2.05, 4.69) is 25.2 Å². The van der Waals surface area contributed by atoms with E-state index >= 15 is 0 Å². The minimum atomic E-state index is -3.83. The minimum Gasteiger partial charge on any atom is -0.481 e. The summed E-state index contributed by atoms with van der Waals surface area (Å²) in [6, 6.07) is 4.01. The number of ether oxygens (including phenoxy) is 3. The molecule has 2 aromatic rings. The lowest BCUT2D eigenvalue weighted by Gasteiger charge is -2.19. The molecule has 0 aliphatic heterocycles. The predicted molar refractivity (Wildman–Crippen MR) is 200 cm³/mol. The van der Waals surface area contributed by atoms with E-state index in [1.54, 1.807) is 0 Å². The van der Waals surface area contributed by atoms with Crippen LogP contribution in [0.2, 0.25) is 10.0 Å². The third-order valence-corrected chi connectivity index (χ3v) is 10.3. The average Bonchev–Trinajstić information content (AvgIpc) is 3.56. The van der Waals surface area contributed by atoms with Gasteiger partial charge in [-0.25, -0.2) is 8.98 Å². The van der Waals surface area contributed by atoms with Crippen LogP contribution in [-0.4, -0.2) is 69.6 Å². The van der Waals surface area contributed by atoms with Crippen LogP contribution in [0.25, 0.3) is 0 Å². The molecule has 0 spiro atoms. The molecule has 3 aliphatic carbocycles. The van der Waals surface area contributed by atoms with E-state index in [1.807, 2.05) is 0 Å². The van der Waals surface area contributed by atoms with E-state index in [4.69, 9.17) is 65.7 Å². The monoisotopic (exact) mass is 881 g/mol.